The molecular weight excluding hydrogens is 420 g/mol. The van der Waals surface area contributed by atoms with Crippen molar-refractivity contribution in [2.75, 3.05) is 30.0 Å². The van der Waals surface area contributed by atoms with Gasteiger partial charge in [0.2, 0.25) is 11.8 Å². The van der Waals surface area contributed by atoms with Gasteiger partial charge < -0.3 is 24.4 Å². The summed E-state index contributed by atoms with van der Waals surface area (Å²) in [5.74, 6) is 2.22. The first kappa shape index (κ1) is 22.2. The van der Waals surface area contributed by atoms with Crippen LogP contribution in [0.5, 0.6) is 23.0 Å². The molecule has 4 rings (SSSR count). The minimum atomic E-state index is -0.257. The lowest BCUT2D eigenvalue weighted by molar-refractivity contribution is -0.122. The molecule has 0 spiro atoms. The fourth-order valence-electron chi connectivity index (χ4n) is 3.55. The fourth-order valence-corrected chi connectivity index (χ4v) is 3.55. The van der Waals surface area contributed by atoms with Crippen molar-refractivity contribution in [1.82, 2.24) is 0 Å². The maximum atomic E-state index is 12.8. The summed E-state index contributed by atoms with van der Waals surface area (Å²) in [6.45, 7) is 3.42. The van der Waals surface area contributed by atoms with Crippen LogP contribution in [0.25, 0.3) is 0 Å². The first-order valence-corrected chi connectivity index (χ1v) is 11.0. The highest BCUT2D eigenvalue weighted by Crippen LogP contribution is 2.32. The van der Waals surface area contributed by atoms with Crippen molar-refractivity contribution in [3.63, 3.8) is 0 Å². The molecule has 1 N–H and O–H groups in total. The number of fused-ring (bicyclic) bond motifs is 1. The number of para-hydroxylation sites is 4. The van der Waals surface area contributed by atoms with Crippen molar-refractivity contribution in [2.24, 2.45) is 0 Å². The molecule has 3 aromatic rings. The van der Waals surface area contributed by atoms with Crippen molar-refractivity contribution in [2.45, 2.75) is 19.8 Å². The molecule has 7 heteroatoms. The van der Waals surface area contributed by atoms with Crippen molar-refractivity contribution < 1.29 is 23.8 Å². The van der Waals surface area contributed by atoms with Crippen LogP contribution in [0.3, 0.4) is 0 Å². The highest BCUT2D eigenvalue weighted by atomic mass is 16.5. The zero-order valence-electron chi connectivity index (χ0n) is 18.5. The Hall–Kier alpha value is -4.00. The normalized spacial score (nSPS) is 12.3. The number of carbonyl (C=O) groups is 2. The molecule has 170 valence electrons. The molecule has 7 nitrogen and oxygen atoms in total. The number of ether oxygens (including phenoxy) is 3. The third kappa shape index (κ3) is 5.63. The second-order valence-corrected chi connectivity index (χ2v) is 7.41. The van der Waals surface area contributed by atoms with Crippen molar-refractivity contribution in [1.29, 1.82) is 0 Å². The lowest BCUT2D eigenvalue weighted by Gasteiger charge is -2.29. The van der Waals surface area contributed by atoms with Crippen LogP contribution in [0.4, 0.5) is 11.4 Å². The van der Waals surface area contributed by atoms with Gasteiger partial charge in [0, 0.05) is 12.8 Å². The number of nitrogens with zero attached hydrogens (tertiary/aromatic N) is 1. The Balaban J connectivity index is 1.35. The number of rotatable bonds is 8. The molecule has 2 amide bonds. The van der Waals surface area contributed by atoms with Crippen molar-refractivity contribution in [3.05, 3.63) is 72.8 Å². The molecule has 0 aromatic heterocycles. The molecule has 33 heavy (non-hydrogen) atoms. The van der Waals surface area contributed by atoms with Crippen molar-refractivity contribution in [3.8, 4) is 23.0 Å². The third-order valence-corrected chi connectivity index (χ3v) is 5.12. The summed E-state index contributed by atoms with van der Waals surface area (Å²) >= 11 is 0. The van der Waals surface area contributed by atoms with Gasteiger partial charge in [-0.25, -0.2) is 0 Å². The predicted octanol–water partition coefficient (Wildman–Crippen LogP) is 5.02. The van der Waals surface area contributed by atoms with E-state index in [1.165, 1.54) is 0 Å². The van der Waals surface area contributed by atoms with Gasteiger partial charge in [-0.2, -0.15) is 0 Å². The maximum absolute atomic E-state index is 12.8. The molecule has 0 unspecified atom stereocenters. The quantitative estimate of drug-likeness (QED) is 0.526. The summed E-state index contributed by atoms with van der Waals surface area (Å²) < 4.78 is 17.0. The Kier molecular flexibility index (Phi) is 7.09. The van der Waals surface area contributed by atoms with Gasteiger partial charge >= 0.3 is 0 Å². The van der Waals surface area contributed by atoms with E-state index in [1.807, 2.05) is 67.6 Å². The van der Waals surface area contributed by atoms with E-state index in [2.05, 4.69) is 5.32 Å². The van der Waals surface area contributed by atoms with Gasteiger partial charge in [-0.05, 0) is 55.5 Å². The smallest absolute Gasteiger partial charge is 0.227 e. The Bertz CT molecular complexity index is 1110. The van der Waals surface area contributed by atoms with E-state index in [-0.39, 0.29) is 24.7 Å². The van der Waals surface area contributed by atoms with Crippen LogP contribution in [0.2, 0.25) is 0 Å². The van der Waals surface area contributed by atoms with Crippen LogP contribution >= 0.6 is 0 Å². The number of hydrogen-bond acceptors (Lipinski definition) is 5. The summed E-state index contributed by atoms with van der Waals surface area (Å²) in [5, 5.41) is 2.86. The first-order valence-electron chi connectivity index (χ1n) is 11.0. The number of amides is 2. The minimum Gasteiger partial charge on any atom is -0.494 e. The summed E-state index contributed by atoms with van der Waals surface area (Å²) in [4.78, 5) is 27.0. The van der Waals surface area contributed by atoms with E-state index in [0.717, 1.165) is 11.4 Å². The van der Waals surface area contributed by atoms with Gasteiger partial charge in [-0.3, -0.25) is 9.59 Å². The lowest BCUT2D eigenvalue weighted by Crippen LogP contribution is -2.38. The standard InChI is InChI=1S/C26H26N2O5/c1-2-31-19-11-13-20(14-12-19)33-23-9-5-3-7-21(23)27-25(29)15-16-26(30)28-17-18-32-24-10-6-4-8-22(24)28/h3-14H,2,15-18H2,1H3,(H,27,29). The van der Waals surface area contributed by atoms with E-state index < -0.39 is 0 Å². The Morgan fingerprint density at radius 2 is 1.67 bits per heavy atom. The number of anilines is 2. The minimum absolute atomic E-state index is 0.0652. The number of benzene rings is 3. The summed E-state index contributed by atoms with van der Waals surface area (Å²) in [6.07, 6.45) is 0.165. The van der Waals surface area contributed by atoms with Gasteiger partial charge in [-0.15, -0.1) is 0 Å². The van der Waals surface area contributed by atoms with Crippen LogP contribution in [-0.2, 0) is 9.59 Å². The summed E-state index contributed by atoms with van der Waals surface area (Å²) in [5.41, 5.74) is 1.28. The molecule has 0 fully saturated rings. The second-order valence-electron chi connectivity index (χ2n) is 7.41. The largest absolute Gasteiger partial charge is 0.494 e. The van der Waals surface area contributed by atoms with Crippen LogP contribution < -0.4 is 24.4 Å². The van der Waals surface area contributed by atoms with Crippen LogP contribution in [-0.4, -0.2) is 31.6 Å². The molecule has 0 radical (unpaired) electrons. The van der Waals surface area contributed by atoms with E-state index in [0.29, 0.717) is 42.7 Å². The summed E-state index contributed by atoms with van der Waals surface area (Å²) in [6, 6.07) is 21.9. The highest BCUT2D eigenvalue weighted by Gasteiger charge is 2.23. The van der Waals surface area contributed by atoms with Gasteiger partial charge in [0.15, 0.2) is 5.75 Å². The van der Waals surface area contributed by atoms with E-state index in [1.54, 1.807) is 17.0 Å². The van der Waals surface area contributed by atoms with Crippen LogP contribution in [0.1, 0.15) is 19.8 Å². The molecule has 0 aliphatic carbocycles. The number of carbonyl (C=O) groups excluding carboxylic acids is 2. The van der Waals surface area contributed by atoms with Crippen molar-refractivity contribution >= 4 is 23.2 Å². The molecule has 1 heterocycles. The predicted molar refractivity (Wildman–Crippen MR) is 126 cm³/mol. The first-order chi connectivity index (χ1) is 16.1. The number of nitrogens with one attached hydrogen (secondary N) is 1. The van der Waals surface area contributed by atoms with E-state index in [4.69, 9.17) is 14.2 Å². The molecule has 3 aromatic carbocycles. The molecule has 0 atom stereocenters. The molecule has 0 saturated carbocycles. The maximum Gasteiger partial charge on any atom is 0.227 e. The second kappa shape index (κ2) is 10.5. The van der Waals surface area contributed by atoms with Gasteiger partial charge in [0.05, 0.1) is 24.5 Å². The van der Waals surface area contributed by atoms with Gasteiger partial charge in [-0.1, -0.05) is 24.3 Å². The lowest BCUT2D eigenvalue weighted by atomic mass is 10.2. The molecule has 1 aliphatic heterocycles. The average Bonchev–Trinajstić information content (AvgIpc) is 2.85. The highest BCUT2D eigenvalue weighted by molar-refractivity contribution is 5.99. The Morgan fingerprint density at radius 3 is 2.48 bits per heavy atom. The zero-order chi connectivity index (χ0) is 23.0. The third-order valence-electron chi connectivity index (χ3n) is 5.12. The van der Waals surface area contributed by atoms with Crippen LogP contribution in [0, 0.1) is 0 Å². The molecular formula is C26H26N2O5. The fraction of sp³-hybridized carbons (Fsp3) is 0.231. The summed E-state index contributed by atoms with van der Waals surface area (Å²) in [7, 11) is 0. The monoisotopic (exact) mass is 446 g/mol. The van der Waals surface area contributed by atoms with Crippen LogP contribution in [0.15, 0.2) is 72.8 Å². The topological polar surface area (TPSA) is 77.1 Å². The SMILES string of the molecule is CCOc1ccc(Oc2ccccc2NC(=O)CCC(=O)N2CCOc3ccccc32)cc1. The zero-order valence-corrected chi connectivity index (χ0v) is 18.5. The molecule has 1 aliphatic rings. The van der Waals surface area contributed by atoms with E-state index in [9.17, 15) is 9.59 Å². The molecule has 0 bridgehead atoms. The van der Waals surface area contributed by atoms with Gasteiger partial charge in [0.1, 0.15) is 23.9 Å². The molecule has 0 saturated heterocycles. The average molecular weight is 447 g/mol. The number of hydrogen-bond donors (Lipinski definition) is 1. The Morgan fingerprint density at radius 1 is 0.939 bits per heavy atom. The van der Waals surface area contributed by atoms with E-state index >= 15 is 0 Å². The van der Waals surface area contributed by atoms with Gasteiger partial charge in [0.25, 0.3) is 0 Å². The Labute approximate surface area is 192 Å².